The Bertz CT molecular complexity index is 341. The lowest BCUT2D eigenvalue weighted by Gasteiger charge is -2.04. The van der Waals surface area contributed by atoms with E-state index in [0.717, 1.165) is 19.5 Å². The van der Waals surface area contributed by atoms with Crippen molar-refractivity contribution in [2.24, 2.45) is 0 Å². The fourth-order valence-corrected chi connectivity index (χ4v) is 2.36. The first-order chi connectivity index (χ1) is 8.74. The molecule has 3 heteroatoms. The average Bonchev–Trinajstić information content (AvgIpc) is 2.37. The summed E-state index contributed by atoms with van der Waals surface area (Å²) in [6.07, 6.45) is 7.22. The molecular formula is C15H23BrFN. The lowest BCUT2D eigenvalue weighted by Crippen LogP contribution is -2.15. The molecule has 0 atom stereocenters. The van der Waals surface area contributed by atoms with E-state index >= 15 is 0 Å². The molecule has 0 bridgehead atoms. The molecule has 0 spiro atoms. The van der Waals surface area contributed by atoms with E-state index in [1.807, 2.05) is 12.1 Å². The van der Waals surface area contributed by atoms with Crippen molar-refractivity contribution in [1.82, 2.24) is 5.32 Å². The van der Waals surface area contributed by atoms with Crippen molar-refractivity contribution in [2.45, 2.75) is 45.4 Å². The standard InChI is InChI=1S/C15H23BrFN/c1-2-10-18-11-6-4-3-5-7-13-8-9-15(17)14(16)12-13/h8-9,12,18H,2-7,10-11H2,1H3. The van der Waals surface area contributed by atoms with E-state index in [9.17, 15) is 4.39 Å². The highest BCUT2D eigenvalue weighted by atomic mass is 79.9. The summed E-state index contributed by atoms with van der Waals surface area (Å²) in [5, 5.41) is 3.41. The molecule has 1 nitrogen and oxygen atoms in total. The molecule has 0 aliphatic rings. The Kier molecular flexibility index (Phi) is 8.27. The van der Waals surface area contributed by atoms with Crippen molar-refractivity contribution < 1.29 is 4.39 Å². The number of hydrogen-bond acceptors (Lipinski definition) is 1. The number of nitrogens with one attached hydrogen (secondary N) is 1. The highest BCUT2D eigenvalue weighted by molar-refractivity contribution is 9.10. The Labute approximate surface area is 118 Å². The van der Waals surface area contributed by atoms with Crippen LogP contribution >= 0.6 is 15.9 Å². The highest BCUT2D eigenvalue weighted by Gasteiger charge is 2.00. The van der Waals surface area contributed by atoms with Crippen molar-refractivity contribution in [3.63, 3.8) is 0 Å². The molecular weight excluding hydrogens is 293 g/mol. The van der Waals surface area contributed by atoms with Crippen LogP contribution in [0.5, 0.6) is 0 Å². The van der Waals surface area contributed by atoms with E-state index in [4.69, 9.17) is 0 Å². The maximum Gasteiger partial charge on any atom is 0.137 e. The highest BCUT2D eigenvalue weighted by Crippen LogP contribution is 2.18. The van der Waals surface area contributed by atoms with Crippen LogP contribution in [0, 0.1) is 5.82 Å². The van der Waals surface area contributed by atoms with Gasteiger partial charge < -0.3 is 5.32 Å². The van der Waals surface area contributed by atoms with E-state index in [-0.39, 0.29) is 5.82 Å². The Balaban J connectivity index is 2.05. The minimum Gasteiger partial charge on any atom is -0.317 e. The van der Waals surface area contributed by atoms with Crippen molar-refractivity contribution in [2.75, 3.05) is 13.1 Å². The molecule has 1 aromatic carbocycles. The summed E-state index contributed by atoms with van der Waals surface area (Å²) in [5.74, 6) is -0.180. The second-order valence-electron chi connectivity index (χ2n) is 4.66. The van der Waals surface area contributed by atoms with E-state index in [2.05, 4.69) is 28.2 Å². The molecule has 18 heavy (non-hydrogen) atoms. The summed E-state index contributed by atoms with van der Waals surface area (Å²) in [4.78, 5) is 0. The van der Waals surface area contributed by atoms with Gasteiger partial charge in [-0.15, -0.1) is 0 Å². The molecule has 0 heterocycles. The zero-order valence-electron chi connectivity index (χ0n) is 11.1. The van der Waals surface area contributed by atoms with Crippen LogP contribution < -0.4 is 5.32 Å². The molecule has 0 saturated carbocycles. The van der Waals surface area contributed by atoms with Gasteiger partial charge in [-0.2, -0.15) is 0 Å². The molecule has 0 aliphatic carbocycles. The summed E-state index contributed by atoms with van der Waals surface area (Å²) in [6.45, 7) is 4.45. The summed E-state index contributed by atoms with van der Waals surface area (Å²) < 4.78 is 13.6. The minimum atomic E-state index is -0.180. The van der Waals surface area contributed by atoms with Crippen molar-refractivity contribution in [3.8, 4) is 0 Å². The number of rotatable bonds is 9. The fraction of sp³-hybridized carbons (Fsp3) is 0.600. The first kappa shape index (κ1) is 15.6. The van der Waals surface area contributed by atoms with Gasteiger partial charge in [0.1, 0.15) is 5.82 Å². The van der Waals surface area contributed by atoms with Gasteiger partial charge in [0.25, 0.3) is 0 Å². The Morgan fingerprint density at radius 1 is 1.11 bits per heavy atom. The van der Waals surface area contributed by atoms with Gasteiger partial charge in [-0.05, 0) is 72.4 Å². The molecule has 0 aliphatic heterocycles. The number of unbranched alkanes of at least 4 members (excludes halogenated alkanes) is 3. The van der Waals surface area contributed by atoms with Crippen LogP contribution in [0.2, 0.25) is 0 Å². The predicted molar refractivity (Wildman–Crippen MR) is 79.4 cm³/mol. The topological polar surface area (TPSA) is 12.0 Å². The van der Waals surface area contributed by atoms with Crippen LogP contribution in [0.25, 0.3) is 0 Å². The monoisotopic (exact) mass is 315 g/mol. The SMILES string of the molecule is CCCNCCCCCCc1ccc(F)c(Br)c1. The number of aryl methyl sites for hydroxylation is 1. The van der Waals surface area contributed by atoms with Crippen molar-refractivity contribution in [1.29, 1.82) is 0 Å². The molecule has 0 amide bonds. The van der Waals surface area contributed by atoms with E-state index in [0.29, 0.717) is 4.47 Å². The third-order valence-electron chi connectivity index (χ3n) is 2.98. The minimum absolute atomic E-state index is 0.180. The maximum atomic E-state index is 13.0. The van der Waals surface area contributed by atoms with Gasteiger partial charge in [0.15, 0.2) is 0 Å². The largest absolute Gasteiger partial charge is 0.317 e. The molecule has 102 valence electrons. The van der Waals surface area contributed by atoms with Gasteiger partial charge in [0.05, 0.1) is 4.47 Å². The predicted octanol–water partition coefficient (Wildman–Crippen LogP) is 4.69. The van der Waals surface area contributed by atoms with Crippen LogP contribution in [0.3, 0.4) is 0 Å². The average molecular weight is 316 g/mol. The van der Waals surface area contributed by atoms with Crippen LogP contribution in [-0.4, -0.2) is 13.1 Å². The van der Waals surface area contributed by atoms with E-state index in [1.54, 1.807) is 0 Å². The first-order valence-corrected chi connectivity index (χ1v) is 7.68. The third-order valence-corrected chi connectivity index (χ3v) is 3.59. The lowest BCUT2D eigenvalue weighted by atomic mass is 10.1. The quantitative estimate of drug-likeness (QED) is 0.652. The fourth-order valence-electron chi connectivity index (χ4n) is 1.93. The smallest absolute Gasteiger partial charge is 0.137 e. The van der Waals surface area contributed by atoms with Crippen LogP contribution in [0.1, 0.15) is 44.6 Å². The van der Waals surface area contributed by atoms with E-state index in [1.165, 1.54) is 43.7 Å². The van der Waals surface area contributed by atoms with Gasteiger partial charge >= 0.3 is 0 Å². The van der Waals surface area contributed by atoms with Crippen LogP contribution in [0.15, 0.2) is 22.7 Å². The van der Waals surface area contributed by atoms with Gasteiger partial charge in [0, 0.05) is 0 Å². The molecule has 0 fully saturated rings. The van der Waals surface area contributed by atoms with Crippen LogP contribution in [-0.2, 0) is 6.42 Å². The number of benzene rings is 1. The Morgan fingerprint density at radius 2 is 1.89 bits per heavy atom. The molecule has 1 rings (SSSR count). The van der Waals surface area contributed by atoms with E-state index < -0.39 is 0 Å². The summed E-state index contributed by atoms with van der Waals surface area (Å²) in [7, 11) is 0. The maximum absolute atomic E-state index is 13.0. The second-order valence-corrected chi connectivity index (χ2v) is 5.52. The van der Waals surface area contributed by atoms with Gasteiger partial charge in [0.2, 0.25) is 0 Å². The number of halogens is 2. The number of hydrogen-bond donors (Lipinski definition) is 1. The van der Waals surface area contributed by atoms with Crippen molar-refractivity contribution in [3.05, 3.63) is 34.1 Å². The van der Waals surface area contributed by atoms with Crippen LogP contribution in [0.4, 0.5) is 4.39 Å². The van der Waals surface area contributed by atoms with Gasteiger partial charge in [-0.1, -0.05) is 25.8 Å². The molecule has 1 aromatic rings. The molecule has 1 N–H and O–H groups in total. The summed E-state index contributed by atoms with van der Waals surface area (Å²) in [6, 6.07) is 5.30. The molecule has 0 saturated heterocycles. The first-order valence-electron chi connectivity index (χ1n) is 6.88. The summed E-state index contributed by atoms with van der Waals surface area (Å²) in [5.41, 5.74) is 1.22. The second kappa shape index (κ2) is 9.51. The molecule has 0 unspecified atom stereocenters. The normalized spacial score (nSPS) is 10.8. The molecule has 0 aromatic heterocycles. The zero-order chi connectivity index (χ0) is 13.2. The third kappa shape index (κ3) is 6.50. The lowest BCUT2D eigenvalue weighted by molar-refractivity contribution is 0.584. The van der Waals surface area contributed by atoms with Crippen molar-refractivity contribution >= 4 is 15.9 Å². The van der Waals surface area contributed by atoms with Gasteiger partial charge in [-0.25, -0.2) is 4.39 Å². The molecule has 0 radical (unpaired) electrons. The Hall–Kier alpha value is -0.410. The zero-order valence-corrected chi connectivity index (χ0v) is 12.7. The van der Waals surface area contributed by atoms with Gasteiger partial charge in [-0.3, -0.25) is 0 Å². The summed E-state index contributed by atoms with van der Waals surface area (Å²) >= 11 is 3.22. The Morgan fingerprint density at radius 3 is 2.61 bits per heavy atom.